The van der Waals surface area contributed by atoms with Gasteiger partial charge < -0.3 is 24.8 Å². The summed E-state index contributed by atoms with van der Waals surface area (Å²) in [7, 11) is 0. The van der Waals surface area contributed by atoms with E-state index in [4.69, 9.17) is 23.8 Å². The van der Waals surface area contributed by atoms with Crippen molar-refractivity contribution in [3.8, 4) is 11.4 Å². The molecule has 0 radical (unpaired) electrons. The first-order valence-corrected chi connectivity index (χ1v) is 13.7. The summed E-state index contributed by atoms with van der Waals surface area (Å²) in [5.74, 6) is 0.117. The first kappa shape index (κ1) is 26.1. The molecule has 1 aliphatic heterocycles. The van der Waals surface area contributed by atoms with Crippen LogP contribution >= 0.6 is 23.8 Å². The SMILES string of the molecule is CCN(CC)c1ccc(-n2c(C)cc([C@H]3[C@@H](c4ccccn4)NC(=S)N3c3cc(Cl)ccc3O)c2C)cc1. The second kappa shape index (κ2) is 10.7. The molecule has 0 spiro atoms. The third kappa shape index (κ3) is 4.61. The molecule has 4 aromatic rings. The van der Waals surface area contributed by atoms with Gasteiger partial charge >= 0.3 is 0 Å². The van der Waals surface area contributed by atoms with Gasteiger partial charge in [-0.3, -0.25) is 4.98 Å². The van der Waals surface area contributed by atoms with E-state index in [0.717, 1.165) is 41.4 Å². The quantitative estimate of drug-likeness (QED) is 0.247. The van der Waals surface area contributed by atoms with Gasteiger partial charge in [-0.25, -0.2) is 0 Å². The molecule has 0 aliphatic carbocycles. The van der Waals surface area contributed by atoms with Gasteiger partial charge in [-0.15, -0.1) is 0 Å². The molecule has 1 aliphatic rings. The number of aromatic hydroxyl groups is 1. The van der Waals surface area contributed by atoms with Gasteiger partial charge in [-0.2, -0.15) is 0 Å². The minimum Gasteiger partial charge on any atom is -0.506 e. The van der Waals surface area contributed by atoms with E-state index in [0.29, 0.717) is 15.8 Å². The van der Waals surface area contributed by atoms with Crippen LogP contribution in [0.3, 0.4) is 0 Å². The molecule has 0 bridgehead atoms. The lowest BCUT2D eigenvalue weighted by atomic mass is 9.96. The zero-order valence-corrected chi connectivity index (χ0v) is 23.6. The number of hydrogen-bond acceptors (Lipinski definition) is 4. The van der Waals surface area contributed by atoms with Crippen molar-refractivity contribution in [2.75, 3.05) is 22.9 Å². The molecule has 1 fully saturated rings. The van der Waals surface area contributed by atoms with E-state index in [1.54, 1.807) is 24.4 Å². The summed E-state index contributed by atoms with van der Waals surface area (Å²) >= 11 is 12.2. The average molecular weight is 546 g/mol. The number of phenolic OH excluding ortho intramolecular Hbond substituents is 1. The smallest absolute Gasteiger partial charge is 0.174 e. The van der Waals surface area contributed by atoms with Crippen LogP contribution in [0.4, 0.5) is 11.4 Å². The fraction of sp³-hybridized carbons (Fsp3) is 0.267. The number of aryl methyl sites for hydroxylation is 1. The molecule has 2 aromatic heterocycles. The maximum Gasteiger partial charge on any atom is 0.174 e. The Morgan fingerprint density at radius 2 is 1.76 bits per heavy atom. The maximum atomic E-state index is 10.8. The fourth-order valence-electron chi connectivity index (χ4n) is 5.51. The van der Waals surface area contributed by atoms with Gasteiger partial charge in [-0.05, 0) is 106 Å². The number of nitrogens with zero attached hydrogens (tertiary/aromatic N) is 4. The molecular weight excluding hydrogens is 514 g/mol. The van der Waals surface area contributed by atoms with Crippen LogP contribution in [0.15, 0.2) is 72.9 Å². The molecule has 38 heavy (non-hydrogen) atoms. The molecule has 1 saturated heterocycles. The van der Waals surface area contributed by atoms with E-state index in [2.05, 4.69) is 77.8 Å². The molecule has 0 amide bonds. The number of phenols is 1. The van der Waals surface area contributed by atoms with E-state index < -0.39 is 0 Å². The molecular formula is C30H32ClN5OS. The Kier molecular flexibility index (Phi) is 7.32. The van der Waals surface area contributed by atoms with Crippen LogP contribution < -0.4 is 15.1 Å². The topological polar surface area (TPSA) is 56.6 Å². The van der Waals surface area contributed by atoms with Gasteiger partial charge in [0.05, 0.1) is 23.5 Å². The fourth-order valence-corrected chi connectivity index (χ4v) is 6.01. The van der Waals surface area contributed by atoms with Gasteiger partial charge in [0.2, 0.25) is 0 Å². The highest BCUT2D eigenvalue weighted by atomic mass is 35.5. The van der Waals surface area contributed by atoms with Crippen LogP contribution in [0, 0.1) is 13.8 Å². The van der Waals surface area contributed by atoms with Crippen molar-refractivity contribution in [3.05, 3.63) is 101 Å². The minimum atomic E-state index is -0.253. The standard InChI is InChI=1S/C30H32ClN5OS/c1-5-34(6-2)22-11-13-23(14-12-22)35-19(3)17-24(20(35)4)29-28(25-9-7-8-16-32-25)33-30(38)36(29)26-18-21(31)10-15-27(26)37/h7-18,28-29,37H,5-6H2,1-4H3,(H,33,38)/t28-,29+/m1/s1. The zero-order valence-electron chi connectivity index (χ0n) is 22.0. The number of nitrogens with one attached hydrogen (secondary N) is 1. The number of benzene rings is 2. The monoisotopic (exact) mass is 545 g/mol. The largest absolute Gasteiger partial charge is 0.506 e. The first-order valence-electron chi connectivity index (χ1n) is 12.9. The Labute approximate surface area is 234 Å². The lowest BCUT2D eigenvalue weighted by Gasteiger charge is -2.29. The summed E-state index contributed by atoms with van der Waals surface area (Å²) in [6.07, 6.45) is 1.79. The predicted octanol–water partition coefficient (Wildman–Crippen LogP) is 6.87. The number of rotatable bonds is 7. The predicted molar refractivity (Wildman–Crippen MR) is 160 cm³/mol. The number of anilines is 2. The normalized spacial score (nSPS) is 17.1. The molecule has 0 unspecified atom stereocenters. The van der Waals surface area contributed by atoms with E-state index in [-0.39, 0.29) is 17.8 Å². The molecule has 2 N–H and O–H groups in total. The molecule has 8 heteroatoms. The highest BCUT2D eigenvalue weighted by Gasteiger charge is 2.43. The van der Waals surface area contributed by atoms with E-state index in [9.17, 15) is 5.11 Å². The van der Waals surface area contributed by atoms with Crippen LogP contribution in [0.1, 0.15) is 48.6 Å². The number of pyridine rings is 1. The maximum absolute atomic E-state index is 10.8. The van der Waals surface area contributed by atoms with Gasteiger partial charge in [-0.1, -0.05) is 17.7 Å². The Bertz CT molecular complexity index is 1450. The second-order valence-corrected chi connectivity index (χ2v) is 10.3. The third-order valence-electron chi connectivity index (χ3n) is 7.32. The van der Waals surface area contributed by atoms with E-state index in [1.165, 1.54) is 5.69 Å². The lowest BCUT2D eigenvalue weighted by Crippen LogP contribution is -2.29. The number of thiocarbonyl (C=S) groups is 1. The van der Waals surface area contributed by atoms with Crippen molar-refractivity contribution in [3.63, 3.8) is 0 Å². The second-order valence-electron chi connectivity index (χ2n) is 9.48. The van der Waals surface area contributed by atoms with Crippen molar-refractivity contribution in [1.82, 2.24) is 14.9 Å². The van der Waals surface area contributed by atoms with E-state index >= 15 is 0 Å². The Balaban J connectivity index is 1.64. The number of hydrogen-bond donors (Lipinski definition) is 2. The molecule has 0 saturated carbocycles. The molecule has 2 aromatic carbocycles. The Morgan fingerprint density at radius 1 is 1.03 bits per heavy atom. The zero-order chi connectivity index (χ0) is 27.0. The van der Waals surface area contributed by atoms with Crippen LogP contribution in [-0.2, 0) is 0 Å². The minimum absolute atomic E-state index is 0.117. The third-order valence-corrected chi connectivity index (χ3v) is 7.87. The highest BCUT2D eigenvalue weighted by molar-refractivity contribution is 7.80. The van der Waals surface area contributed by atoms with Crippen molar-refractivity contribution in [2.24, 2.45) is 0 Å². The van der Waals surface area contributed by atoms with Crippen molar-refractivity contribution < 1.29 is 5.11 Å². The van der Waals surface area contributed by atoms with Gasteiger partial charge in [0, 0.05) is 47.1 Å². The lowest BCUT2D eigenvalue weighted by molar-refractivity contribution is 0.472. The molecule has 5 rings (SSSR count). The Hall–Kier alpha value is -3.55. The van der Waals surface area contributed by atoms with E-state index in [1.807, 2.05) is 23.1 Å². The first-order chi connectivity index (χ1) is 18.3. The average Bonchev–Trinajstić information content (AvgIpc) is 3.42. The van der Waals surface area contributed by atoms with Gasteiger partial charge in [0.1, 0.15) is 5.75 Å². The van der Waals surface area contributed by atoms with Gasteiger partial charge in [0.25, 0.3) is 0 Å². The Morgan fingerprint density at radius 3 is 2.42 bits per heavy atom. The number of halogens is 1. The molecule has 196 valence electrons. The molecule has 6 nitrogen and oxygen atoms in total. The van der Waals surface area contributed by atoms with Crippen LogP contribution in [-0.4, -0.2) is 32.9 Å². The van der Waals surface area contributed by atoms with Crippen LogP contribution in [0.25, 0.3) is 5.69 Å². The van der Waals surface area contributed by atoms with Crippen LogP contribution in [0.2, 0.25) is 5.02 Å². The molecule has 2 atom stereocenters. The van der Waals surface area contributed by atoms with Gasteiger partial charge in [0.15, 0.2) is 5.11 Å². The summed E-state index contributed by atoms with van der Waals surface area (Å²) in [6.45, 7) is 10.5. The summed E-state index contributed by atoms with van der Waals surface area (Å²) in [5, 5.41) is 15.3. The summed E-state index contributed by atoms with van der Waals surface area (Å²) in [5.41, 5.74) is 7.05. The highest BCUT2D eigenvalue weighted by Crippen LogP contribution is 2.46. The number of aromatic nitrogens is 2. The van der Waals surface area contributed by atoms with Crippen molar-refractivity contribution in [1.29, 1.82) is 0 Å². The summed E-state index contributed by atoms with van der Waals surface area (Å²) in [4.78, 5) is 8.95. The van der Waals surface area contributed by atoms with Crippen molar-refractivity contribution >= 4 is 40.3 Å². The molecule has 3 heterocycles. The van der Waals surface area contributed by atoms with Crippen molar-refractivity contribution in [2.45, 2.75) is 39.8 Å². The summed E-state index contributed by atoms with van der Waals surface area (Å²) < 4.78 is 2.27. The summed E-state index contributed by atoms with van der Waals surface area (Å²) in [6, 6.07) is 21.3. The van der Waals surface area contributed by atoms with Crippen LogP contribution in [0.5, 0.6) is 5.75 Å².